The fourth-order valence-corrected chi connectivity index (χ4v) is 2.49. The first kappa shape index (κ1) is 12.9. The Bertz CT molecular complexity index is 549. The van der Waals surface area contributed by atoms with Crippen LogP contribution in [-0.4, -0.2) is 34.9 Å². The highest BCUT2D eigenvalue weighted by molar-refractivity contribution is 5.96. The maximum atomic E-state index is 12.3. The number of amides is 1. The lowest BCUT2D eigenvalue weighted by Gasteiger charge is -2.15. The molecule has 0 radical (unpaired) electrons. The number of hydrogen-bond acceptors (Lipinski definition) is 4. The van der Waals surface area contributed by atoms with Crippen molar-refractivity contribution in [2.45, 2.75) is 31.7 Å². The zero-order chi connectivity index (χ0) is 14.1. The fourth-order valence-electron chi connectivity index (χ4n) is 2.49. The van der Waals surface area contributed by atoms with E-state index < -0.39 is 4.92 Å². The van der Waals surface area contributed by atoms with Gasteiger partial charge in [0.05, 0.1) is 4.92 Å². The van der Waals surface area contributed by atoms with E-state index in [0.29, 0.717) is 17.3 Å². The SMILES string of the molecule is O=C(c1ccc(NC2CC2)c([N+](=O)[O-])c1)N1CCCC1. The van der Waals surface area contributed by atoms with Crippen LogP contribution in [0.5, 0.6) is 0 Å². The Balaban J connectivity index is 1.86. The first-order valence-electron chi connectivity index (χ1n) is 6.99. The molecule has 20 heavy (non-hydrogen) atoms. The Morgan fingerprint density at radius 2 is 2.00 bits per heavy atom. The number of carbonyl (C=O) groups is 1. The number of nitro groups is 1. The van der Waals surface area contributed by atoms with Crippen LogP contribution in [0.2, 0.25) is 0 Å². The summed E-state index contributed by atoms with van der Waals surface area (Å²) in [6.07, 6.45) is 4.11. The van der Waals surface area contributed by atoms with Crippen molar-refractivity contribution in [1.82, 2.24) is 4.90 Å². The van der Waals surface area contributed by atoms with Crippen molar-refractivity contribution in [2.24, 2.45) is 0 Å². The molecule has 0 bridgehead atoms. The third-order valence-electron chi connectivity index (χ3n) is 3.77. The lowest BCUT2D eigenvalue weighted by Crippen LogP contribution is -2.27. The molecule has 6 heteroatoms. The highest BCUT2D eigenvalue weighted by Crippen LogP contribution is 2.32. The Morgan fingerprint density at radius 1 is 1.30 bits per heavy atom. The molecule has 1 aromatic rings. The molecule has 0 aromatic heterocycles. The van der Waals surface area contributed by atoms with Gasteiger partial charge in [0.1, 0.15) is 5.69 Å². The molecule has 1 N–H and O–H groups in total. The molecule has 1 aromatic carbocycles. The Kier molecular flexibility index (Phi) is 3.30. The topological polar surface area (TPSA) is 75.5 Å². The molecule has 1 heterocycles. The quantitative estimate of drug-likeness (QED) is 0.676. The lowest BCUT2D eigenvalue weighted by atomic mass is 10.1. The number of nitrogens with one attached hydrogen (secondary N) is 1. The summed E-state index contributed by atoms with van der Waals surface area (Å²) in [7, 11) is 0. The van der Waals surface area contributed by atoms with Crippen LogP contribution in [0.3, 0.4) is 0 Å². The van der Waals surface area contributed by atoms with E-state index in [9.17, 15) is 14.9 Å². The van der Waals surface area contributed by atoms with Gasteiger partial charge >= 0.3 is 0 Å². The van der Waals surface area contributed by atoms with Crippen LogP contribution in [0.25, 0.3) is 0 Å². The van der Waals surface area contributed by atoms with Gasteiger partial charge in [0.25, 0.3) is 11.6 Å². The molecule has 6 nitrogen and oxygen atoms in total. The van der Waals surface area contributed by atoms with Crippen LogP contribution in [0.15, 0.2) is 18.2 Å². The normalized spacial score (nSPS) is 18.1. The first-order chi connectivity index (χ1) is 9.65. The standard InChI is InChI=1S/C14H17N3O3/c18-14(16-7-1-2-8-16)10-3-6-12(15-11-4-5-11)13(9-10)17(19)20/h3,6,9,11,15H,1-2,4-5,7-8H2. The fraction of sp³-hybridized carbons (Fsp3) is 0.500. The van der Waals surface area contributed by atoms with E-state index in [1.54, 1.807) is 17.0 Å². The van der Waals surface area contributed by atoms with Crippen molar-refractivity contribution >= 4 is 17.3 Å². The van der Waals surface area contributed by atoms with Gasteiger partial charge in [-0.1, -0.05) is 0 Å². The largest absolute Gasteiger partial charge is 0.377 e. The molecule has 0 atom stereocenters. The van der Waals surface area contributed by atoms with Crippen LogP contribution in [-0.2, 0) is 0 Å². The molecule has 1 aliphatic carbocycles. The molecule has 0 spiro atoms. The van der Waals surface area contributed by atoms with Crippen molar-refractivity contribution in [3.8, 4) is 0 Å². The summed E-state index contributed by atoms with van der Waals surface area (Å²) < 4.78 is 0. The number of nitrogens with zero attached hydrogens (tertiary/aromatic N) is 2. The van der Waals surface area contributed by atoms with Crippen LogP contribution >= 0.6 is 0 Å². The van der Waals surface area contributed by atoms with Gasteiger partial charge in [-0.05, 0) is 37.8 Å². The van der Waals surface area contributed by atoms with Gasteiger partial charge in [0.2, 0.25) is 0 Å². The van der Waals surface area contributed by atoms with E-state index in [2.05, 4.69) is 5.32 Å². The molecular formula is C14H17N3O3. The predicted octanol–water partition coefficient (Wildman–Crippen LogP) is 2.41. The van der Waals surface area contributed by atoms with Gasteiger partial charge in [0.15, 0.2) is 0 Å². The lowest BCUT2D eigenvalue weighted by molar-refractivity contribution is -0.384. The molecule has 1 saturated carbocycles. The average molecular weight is 275 g/mol. The summed E-state index contributed by atoms with van der Waals surface area (Å²) in [6.45, 7) is 1.49. The zero-order valence-corrected chi connectivity index (χ0v) is 11.2. The summed E-state index contributed by atoms with van der Waals surface area (Å²) in [4.78, 5) is 24.7. The molecule has 3 rings (SSSR count). The summed E-state index contributed by atoms with van der Waals surface area (Å²) >= 11 is 0. The highest BCUT2D eigenvalue weighted by Gasteiger charge is 2.27. The minimum absolute atomic E-state index is 0.0121. The average Bonchev–Trinajstić information content (AvgIpc) is 3.08. The van der Waals surface area contributed by atoms with E-state index in [4.69, 9.17) is 0 Å². The second-order valence-electron chi connectivity index (χ2n) is 5.41. The van der Waals surface area contributed by atoms with Crippen LogP contribution in [0.1, 0.15) is 36.0 Å². The predicted molar refractivity (Wildman–Crippen MR) is 74.9 cm³/mol. The summed E-state index contributed by atoms with van der Waals surface area (Å²) in [6, 6.07) is 5.07. The zero-order valence-electron chi connectivity index (χ0n) is 11.2. The van der Waals surface area contributed by atoms with E-state index in [1.807, 2.05) is 0 Å². The Morgan fingerprint density at radius 3 is 2.60 bits per heavy atom. The van der Waals surface area contributed by atoms with Crippen molar-refractivity contribution in [3.05, 3.63) is 33.9 Å². The molecule has 1 saturated heterocycles. The number of anilines is 1. The second-order valence-corrected chi connectivity index (χ2v) is 5.41. The van der Waals surface area contributed by atoms with Crippen LogP contribution in [0.4, 0.5) is 11.4 Å². The van der Waals surface area contributed by atoms with Crippen molar-refractivity contribution in [1.29, 1.82) is 0 Å². The number of benzene rings is 1. The van der Waals surface area contributed by atoms with Crippen molar-refractivity contribution < 1.29 is 9.72 Å². The summed E-state index contributed by atoms with van der Waals surface area (Å²) in [5, 5.41) is 14.3. The summed E-state index contributed by atoms with van der Waals surface area (Å²) in [5.74, 6) is -0.108. The van der Waals surface area contributed by atoms with Gasteiger partial charge in [-0.3, -0.25) is 14.9 Å². The third-order valence-corrected chi connectivity index (χ3v) is 3.77. The third kappa shape index (κ3) is 2.59. The second kappa shape index (κ2) is 5.11. The van der Waals surface area contributed by atoms with E-state index >= 15 is 0 Å². The highest BCUT2D eigenvalue weighted by atomic mass is 16.6. The molecule has 2 aliphatic rings. The van der Waals surface area contributed by atoms with Crippen LogP contribution in [0, 0.1) is 10.1 Å². The Labute approximate surface area is 116 Å². The number of carbonyl (C=O) groups excluding carboxylic acids is 1. The number of likely N-dealkylation sites (tertiary alicyclic amines) is 1. The van der Waals surface area contributed by atoms with Crippen LogP contribution < -0.4 is 5.32 Å². The monoisotopic (exact) mass is 275 g/mol. The molecular weight excluding hydrogens is 258 g/mol. The Hall–Kier alpha value is -2.11. The molecule has 0 unspecified atom stereocenters. The van der Waals surface area contributed by atoms with E-state index in [0.717, 1.165) is 38.8 Å². The molecule has 1 amide bonds. The number of rotatable bonds is 4. The van der Waals surface area contributed by atoms with E-state index in [-0.39, 0.29) is 11.6 Å². The molecule has 106 valence electrons. The minimum Gasteiger partial charge on any atom is -0.377 e. The molecule has 1 aliphatic heterocycles. The summed E-state index contributed by atoms with van der Waals surface area (Å²) in [5.41, 5.74) is 0.900. The molecule has 2 fully saturated rings. The van der Waals surface area contributed by atoms with E-state index in [1.165, 1.54) is 6.07 Å². The first-order valence-corrected chi connectivity index (χ1v) is 6.99. The minimum atomic E-state index is -0.425. The van der Waals surface area contributed by atoms with Gasteiger partial charge in [-0.15, -0.1) is 0 Å². The smallest absolute Gasteiger partial charge is 0.293 e. The number of hydrogen-bond donors (Lipinski definition) is 1. The van der Waals surface area contributed by atoms with Crippen molar-refractivity contribution in [2.75, 3.05) is 18.4 Å². The van der Waals surface area contributed by atoms with Gasteiger partial charge in [0, 0.05) is 30.8 Å². The van der Waals surface area contributed by atoms with Gasteiger partial charge < -0.3 is 10.2 Å². The van der Waals surface area contributed by atoms with Crippen molar-refractivity contribution in [3.63, 3.8) is 0 Å². The number of nitro benzene ring substituents is 1. The maximum Gasteiger partial charge on any atom is 0.293 e. The maximum absolute atomic E-state index is 12.3. The van der Waals surface area contributed by atoms with Gasteiger partial charge in [-0.25, -0.2) is 0 Å². The van der Waals surface area contributed by atoms with Gasteiger partial charge in [-0.2, -0.15) is 0 Å².